The largest absolute Gasteiger partial charge is 0.508 e. The number of anilines is 2. The van der Waals surface area contributed by atoms with Crippen molar-refractivity contribution in [2.24, 2.45) is 0 Å². The fourth-order valence-electron chi connectivity index (χ4n) is 1.68. The number of carbonyl (C=O) groups excluding carboxylic acids is 1. The van der Waals surface area contributed by atoms with Crippen LogP contribution in [0.2, 0.25) is 0 Å². The fraction of sp³-hybridized carbons (Fsp3) is 0.133. The Morgan fingerprint density at radius 1 is 1.11 bits per heavy atom. The van der Waals surface area contributed by atoms with Crippen molar-refractivity contribution in [1.29, 1.82) is 0 Å². The molecule has 98 valence electrons. The topological polar surface area (TPSA) is 52.6 Å². The Kier molecular flexibility index (Phi) is 3.71. The van der Waals surface area contributed by atoms with Gasteiger partial charge in [-0.3, -0.25) is 4.79 Å². The number of rotatable bonds is 3. The summed E-state index contributed by atoms with van der Waals surface area (Å²) in [5, 5.41) is 12.0. The van der Waals surface area contributed by atoms with Crippen molar-refractivity contribution in [3.05, 3.63) is 54.1 Å². The molecule has 0 aliphatic carbocycles. The van der Waals surface area contributed by atoms with Gasteiger partial charge < -0.3 is 15.3 Å². The lowest BCUT2D eigenvalue weighted by atomic mass is 10.2. The summed E-state index contributed by atoms with van der Waals surface area (Å²) in [5.74, 6) is -0.0536. The molecule has 0 saturated carbocycles. The van der Waals surface area contributed by atoms with Gasteiger partial charge in [0, 0.05) is 31.0 Å². The molecule has 0 atom stereocenters. The summed E-state index contributed by atoms with van der Waals surface area (Å²) in [6.07, 6.45) is 0. The van der Waals surface area contributed by atoms with E-state index in [9.17, 15) is 9.90 Å². The van der Waals surface area contributed by atoms with Gasteiger partial charge in [0.25, 0.3) is 5.91 Å². The van der Waals surface area contributed by atoms with Crippen molar-refractivity contribution in [2.75, 3.05) is 24.3 Å². The Bertz CT molecular complexity index is 577. The Labute approximate surface area is 112 Å². The first-order valence-electron chi connectivity index (χ1n) is 5.94. The van der Waals surface area contributed by atoms with Crippen LogP contribution in [0.1, 0.15) is 10.4 Å². The first-order chi connectivity index (χ1) is 9.06. The van der Waals surface area contributed by atoms with Crippen LogP contribution in [0.5, 0.6) is 5.75 Å². The standard InChI is InChI=1S/C15H16N2O2/c1-17(2)13-5-3-4-12(10-13)16-15(19)11-6-8-14(18)9-7-11/h3-10,18H,1-2H3,(H,16,19). The highest BCUT2D eigenvalue weighted by Gasteiger charge is 2.06. The molecule has 0 aliphatic rings. The molecule has 0 aromatic heterocycles. The van der Waals surface area contributed by atoms with E-state index in [1.54, 1.807) is 12.1 Å². The second kappa shape index (κ2) is 5.44. The van der Waals surface area contributed by atoms with E-state index in [2.05, 4.69) is 5.32 Å². The molecule has 0 spiro atoms. The number of benzene rings is 2. The molecular weight excluding hydrogens is 240 g/mol. The van der Waals surface area contributed by atoms with Crippen molar-refractivity contribution in [2.45, 2.75) is 0 Å². The van der Waals surface area contributed by atoms with Crippen LogP contribution >= 0.6 is 0 Å². The Balaban J connectivity index is 2.14. The third-order valence-corrected chi connectivity index (χ3v) is 2.75. The molecule has 0 bridgehead atoms. The number of phenols is 1. The summed E-state index contributed by atoms with van der Waals surface area (Å²) in [4.78, 5) is 14.0. The molecule has 1 amide bonds. The lowest BCUT2D eigenvalue weighted by Crippen LogP contribution is -2.13. The summed E-state index contributed by atoms with van der Waals surface area (Å²) >= 11 is 0. The summed E-state index contributed by atoms with van der Waals surface area (Å²) in [6.45, 7) is 0. The Morgan fingerprint density at radius 2 is 1.79 bits per heavy atom. The summed E-state index contributed by atoms with van der Waals surface area (Å²) in [7, 11) is 3.89. The number of carbonyl (C=O) groups is 1. The van der Waals surface area contributed by atoms with E-state index in [0.29, 0.717) is 5.56 Å². The molecule has 0 unspecified atom stereocenters. The van der Waals surface area contributed by atoms with Gasteiger partial charge in [-0.2, -0.15) is 0 Å². The average Bonchev–Trinajstić information content (AvgIpc) is 2.39. The molecular formula is C15H16N2O2. The lowest BCUT2D eigenvalue weighted by Gasteiger charge is -2.14. The van der Waals surface area contributed by atoms with Gasteiger partial charge in [-0.05, 0) is 42.5 Å². The molecule has 0 heterocycles. The average molecular weight is 256 g/mol. The van der Waals surface area contributed by atoms with E-state index in [1.165, 1.54) is 12.1 Å². The first-order valence-corrected chi connectivity index (χ1v) is 5.94. The first kappa shape index (κ1) is 13.0. The maximum atomic E-state index is 12.0. The third-order valence-electron chi connectivity index (χ3n) is 2.75. The van der Waals surface area contributed by atoms with E-state index < -0.39 is 0 Å². The minimum atomic E-state index is -0.198. The van der Waals surface area contributed by atoms with Crippen LogP contribution < -0.4 is 10.2 Å². The Hall–Kier alpha value is -2.49. The normalized spacial score (nSPS) is 10.0. The van der Waals surface area contributed by atoms with Gasteiger partial charge in [0.15, 0.2) is 0 Å². The second-order valence-electron chi connectivity index (χ2n) is 4.45. The van der Waals surface area contributed by atoms with Gasteiger partial charge in [0.1, 0.15) is 5.75 Å². The molecule has 0 fully saturated rings. The van der Waals surface area contributed by atoms with Crippen molar-refractivity contribution < 1.29 is 9.90 Å². The highest BCUT2D eigenvalue weighted by molar-refractivity contribution is 6.04. The number of hydrogen-bond acceptors (Lipinski definition) is 3. The lowest BCUT2D eigenvalue weighted by molar-refractivity contribution is 0.102. The number of amides is 1. The summed E-state index contributed by atoms with van der Waals surface area (Å²) < 4.78 is 0. The van der Waals surface area contributed by atoms with Crippen molar-refractivity contribution >= 4 is 17.3 Å². The van der Waals surface area contributed by atoms with Gasteiger partial charge in [0.2, 0.25) is 0 Å². The number of phenolic OH excluding ortho intramolecular Hbond substituents is 1. The van der Waals surface area contributed by atoms with E-state index >= 15 is 0 Å². The predicted octanol–water partition coefficient (Wildman–Crippen LogP) is 2.71. The molecule has 19 heavy (non-hydrogen) atoms. The highest BCUT2D eigenvalue weighted by Crippen LogP contribution is 2.18. The molecule has 2 N–H and O–H groups in total. The van der Waals surface area contributed by atoms with Crippen LogP contribution in [0, 0.1) is 0 Å². The van der Waals surface area contributed by atoms with Crippen LogP contribution in [-0.4, -0.2) is 25.1 Å². The fourth-order valence-corrected chi connectivity index (χ4v) is 1.68. The van der Waals surface area contributed by atoms with Gasteiger partial charge in [-0.1, -0.05) is 6.07 Å². The quantitative estimate of drug-likeness (QED) is 0.887. The van der Waals surface area contributed by atoms with Crippen LogP contribution in [0.15, 0.2) is 48.5 Å². The molecule has 4 heteroatoms. The van der Waals surface area contributed by atoms with Crippen LogP contribution in [0.25, 0.3) is 0 Å². The SMILES string of the molecule is CN(C)c1cccc(NC(=O)c2ccc(O)cc2)c1. The van der Waals surface area contributed by atoms with E-state index in [4.69, 9.17) is 0 Å². The molecule has 4 nitrogen and oxygen atoms in total. The zero-order valence-electron chi connectivity index (χ0n) is 10.9. The van der Waals surface area contributed by atoms with E-state index in [1.807, 2.05) is 43.3 Å². The van der Waals surface area contributed by atoms with Crippen LogP contribution in [-0.2, 0) is 0 Å². The van der Waals surface area contributed by atoms with Gasteiger partial charge >= 0.3 is 0 Å². The maximum Gasteiger partial charge on any atom is 0.255 e. The summed E-state index contributed by atoms with van der Waals surface area (Å²) in [6, 6.07) is 13.7. The highest BCUT2D eigenvalue weighted by atomic mass is 16.3. The van der Waals surface area contributed by atoms with Gasteiger partial charge in [-0.25, -0.2) is 0 Å². The Morgan fingerprint density at radius 3 is 2.42 bits per heavy atom. The number of nitrogens with zero attached hydrogens (tertiary/aromatic N) is 1. The maximum absolute atomic E-state index is 12.0. The monoisotopic (exact) mass is 256 g/mol. The van der Waals surface area contributed by atoms with Crippen LogP contribution in [0.4, 0.5) is 11.4 Å². The number of aromatic hydroxyl groups is 1. The summed E-state index contributed by atoms with van der Waals surface area (Å²) in [5.41, 5.74) is 2.26. The molecule has 2 aromatic carbocycles. The zero-order chi connectivity index (χ0) is 13.8. The van der Waals surface area contributed by atoms with E-state index in [0.717, 1.165) is 11.4 Å². The molecule has 0 radical (unpaired) electrons. The predicted molar refractivity (Wildman–Crippen MR) is 76.8 cm³/mol. The molecule has 0 aliphatic heterocycles. The van der Waals surface area contributed by atoms with E-state index in [-0.39, 0.29) is 11.7 Å². The van der Waals surface area contributed by atoms with Crippen molar-refractivity contribution in [3.8, 4) is 5.75 Å². The van der Waals surface area contributed by atoms with Gasteiger partial charge in [0.05, 0.1) is 0 Å². The molecule has 2 aromatic rings. The third kappa shape index (κ3) is 3.25. The van der Waals surface area contributed by atoms with Gasteiger partial charge in [-0.15, -0.1) is 0 Å². The zero-order valence-corrected chi connectivity index (χ0v) is 10.9. The number of nitrogens with one attached hydrogen (secondary N) is 1. The van der Waals surface area contributed by atoms with Crippen molar-refractivity contribution in [3.63, 3.8) is 0 Å². The second-order valence-corrected chi connectivity index (χ2v) is 4.45. The molecule has 2 rings (SSSR count). The van der Waals surface area contributed by atoms with Crippen molar-refractivity contribution in [1.82, 2.24) is 0 Å². The number of hydrogen-bond donors (Lipinski definition) is 2. The minimum absolute atomic E-state index is 0.145. The molecule has 0 saturated heterocycles. The minimum Gasteiger partial charge on any atom is -0.508 e. The van der Waals surface area contributed by atoms with Crippen LogP contribution in [0.3, 0.4) is 0 Å². The smallest absolute Gasteiger partial charge is 0.255 e.